The van der Waals surface area contributed by atoms with Crippen molar-refractivity contribution in [3.8, 4) is 11.5 Å². The van der Waals surface area contributed by atoms with E-state index in [-0.39, 0.29) is 17.7 Å². The van der Waals surface area contributed by atoms with Crippen LogP contribution in [0.5, 0.6) is 11.5 Å². The van der Waals surface area contributed by atoms with E-state index in [9.17, 15) is 13.2 Å². The fourth-order valence-corrected chi connectivity index (χ4v) is 4.08. The molecule has 1 unspecified atom stereocenters. The summed E-state index contributed by atoms with van der Waals surface area (Å²) in [5.74, 6) is 0.380. The van der Waals surface area contributed by atoms with E-state index >= 15 is 0 Å². The Morgan fingerprint density at radius 2 is 1.64 bits per heavy atom. The van der Waals surface area contributed by atoms with E-state index in [4.69, 9.17) is 8.92 Å². The third-order valence-electron chi connectivity index (χ3n) is 5.73. The van der Waals surface area contributed by atoms with E-state index < -0.39 is 10.1 Å². The SMILES string of the molecule is CCCCCCc1ccc(C(=O)N(Cc2ccc(OC)c(OS(C)(=O)=O)c2)C(C)CC)cc1. The lowest BCUT2D eigenvalue weighted by Gasteiger charge is -2.29. The largest absolute Gasteiger partial charge is 0.493 e. The normalized spacial score (nSPS) is 12.3. The molecule has 0 bridgehead atoms. The average Bonchev–Trinajstić information content (AvgIpc) is 2.79. The summed E-state index contributed by atoms with van der Waals surface area (Å²) in [5, 5.41) is 0. The Morgan fingerprint density at radius 3 is 2.21 bits per heavy atom. The van der Waals surface area contributed by atoms with Crippen LogP contribution in [0, 0.1) is 0 Å². The lowest BCUT2D eigenvalue weighted by molar-refractivity contribution is 0.0671. The molecule has 0 aliphatic rings. The van der Waals surface area contributed by atoms with Gasteiger partial charge in [-0.15, -0.1) is 0 Å². The Labute approximate surface area is 199 Å². The standard InChI is InChI=1S/C26H37NO5S/c1-6-8-9-10-11-21-12-15-23(16-13-21)26(28)27(20(3)7-2)19-22-14-17-24(31-4)25(18-22)32-33(5,29)30/h12-18,20H,6-11,19H2,1-5H3. The summed E-state index contributed by atoms with van der Waals surface area (Å²) in [7, 11) is -2.26. The number of carbonyl (C=O) groups excluding carboxylic acids is 1. The molecule has 0 aliphatic heterocycles. The summed E-state index contributed by atoms with van der Waals surface area (Å²) in [5.41, 5.74) is 2.65. The van der Waals surface area contributed by atoms with Crippen molar-refractivity contribution in [2.45, 2.75) is 71.9 Å². The molecule has 0 radical (unpaired) electrons. The van der Waals surface area contributed by atoms with Crippen LogP contribution in [-0.2, 0) is 23.1 Å². The van der Waals surface area contributed by atoms with Crippen molar-refractivity contribution in [3.63, 3.8) is 0 Å². The first kappa shape index (κ1) is 26.7. The van der Waals surface area contributed by atoms with Gasteiger partial charge in [-0.2, -0.15) is 8.42 Å². The van der Waals surface area contributed by atoms with E-state index in [0.717, 1.165) is 31.1 Å². The van der Waals surface area contributed by atoms with Gasteiger partial charge in [0.05, 0.1) is 13.4 Å². The number of hydrogen-bond donors (Lipinski definition) is 0. The first-order valence-corrected chi connectivity index (χ1v) is 13.5. The highest BCUT2D eigenvalue weighted by Gasteiger charge is 2.22. The van der Waals surface area contributed by atoms with E-state index in [2.05, 4.69) is 6.92 Å². The summed E-state index contributed by atoms with van der Waals surface area (Å²) >= 11 is 0. The Morgan fingerprint density at radius 1 is 0.970 bits per heavy atom. The quantitative estimate of drug-likeness (QED) is 0.279. The zero-order chi connectivity index (χ0) is 24.4. The zero-order valence-electron chi connectivity index (χ0n) is 20.5. The van der Waals surface area contributed by atoms with Gasteiger partial charge in [-0.3, -0.25) is 4.79 Å². The molecule has 0 aliphatic carbocycles. The molecule has 33 heavy (non-hydrogen) atoms. The van der Waals surface area contributed by atoms with Gasteiger partial charge in [0.15, 0.2) is 11.5 Å². The van der Waals surface area contributed by atoms with Gasteiger partial charge < -0.3 is 13.8 Å². The Bertz CT molecular complexity index is 1000. The smallest absolute Gasteiger partial charge is 0.306 e. The molecule has 0 fully saturated rings. The molecular formula is C26H37NO5S. The number of methoxy groups -OCH3 is 1. The van der Waals surface area contributed by atoms with Crippen LogP contribution >= 0.6 is 0 Å². The number of carbonyl (C=O) groups is 1. The highest BCUT2D eigenvalue weighted by Crippen LogP contribution is 2.30. The number of hydrogen-bond acceptors (Lipinski definition) is 5. The molecule has 0 saturated heterocycles. The van der Waals surface area contributed by atoms with Gasteiger partial charge in [-0.1, -0.05) is 51.3 Å². The summed E-state index contributed by atoms with van der Waals surface area (Å²) in [6.07, 6.45) is 7.67. The van der Waals surface area contributed by atoms with E-state index in [1.165, 1.54) is 31.9 Å². The van der Waals surface area contributed by atoms with Crippen molar-refractivity contribution in [1.82, 2.24) is 4.90 Å². The fourth-order valence-electron chi connectivity index (χ4n) is 3.63. The highest BCUT2D eigenvalue weighted by molar-refractivity contribution is 7.86. The van der Waals surface area contributed by atoms with Gasteiger partial charge >= 0.3 is 10.1 Å². The molecule has 0 spiro atoms. The monoisotopic (exact) mass is 475 g/mol. The molecule has 0 N–H and O–H groups in total. The predicted molar refractivity (Wildman–Crippen MR) is 132 cm³/mol. The van der Waals surface area contributed by atoms with Crippen molar-refractivity contribution in [2.75, 3.05) is 13.4 Å². The van der Waals surface area contributed by atoms with Crippen LogP contribution in [0.3, 0.4) is 0 Å². The van der Waals surface area contributed by atoms with Crippen LogP contribution in [0.2, 0.25) is 0 Å². The molecule has 1 amide bonds. The van der Waals surface area contributed by atoms with Crippen LogP contribution in [0.15, 0.2) is 42.5 Å². The molecule has 2 aromatic rings. The van der Waals surface area contributed by atoms with Crippen molar-refractivity contribution in [3.05, 3.63) is 59.2 Å². The summed E-state index contributed by atoms with van der Waals surface area (Å²) < 4.78 is 33.6. The number of aryl methyl sites for hydroxylation is 1. The van der Waals surface area contributed by atoms with Crippen molar-refractivity contribution < 1.29 is 22.1 Å². The third kappa shape index (κ3) is 8.39. The van der Waals surface area contributed by atoms with Crippen LogP contribution in [0.4, 0.5) is 0 Å². The highest BCUT2D eigenvalue weighted by atomic mass is 32.2. The molecule has 1 atom stereocenters. The Kier molecular flexibility index (Phi) is 10.2. The zero-order valence-corrected chi connectivity index (χ0v) is 21.3. The van der Waals surface area contributed by atoms with Crippen LogP contribution < -0.4 is 8.92 Å². The lowest BCUT2D eigenvalue weighted by atomic mass is 10.0. The predicted octanol–water partition coefficient (Wildman–Crippen LogP) is 5.60. The van der Waals surface area contributed by atoms with Crippen LogP contribution in [0.1, 0.15) is 74.4 Å². The van der Waals surface area contributed by atoms with Gasteiger partial charge in [0.2, 0.25) is 0 Å². The molecule has 0 heterocycles. The molecule has 7 heteroatoms. The summed E-state index contributed by atoms with van der Waals surface area (Å²) in [6, 6.07) is 13.0. The number of amides is 1. The second-order valence-electron chi connectivity index (χ2n) is 8.47. The Hall–Kier alpha value is -2.54. The van der Waals surface area contributed by atoms with Crippen molar-refractivity contribution in [1.29, 1.82) is 0 Å². The minimum Gasteiger partial charge on any atom is -0.493 e. The maximum Gasteiger partial charge on any atom is 0.306 e. The Balaban J connectivity index is 2.21. The summed E-state index contributed by atoms with van der Waals surface area (Å²) in [4.78, 5) is 15.2. The van der Waals surface area contributed by atoms with Gasteiger partial charge in [-0.25, -0.2) is 0 Å². The minimum atomic E-state index is -3.71. The first-order valence-electron chi connectivity index (χ1n) is 11.6. The maximum absolute atomic E-state index is 13.4. The van der Waals surface area contributed by atoms with E-state index in [1.54, 1.807) is 12.1 Å². The fraction of sp³-hybridized carbons (Fsp3) is 0.500. The molecule has 182 valence electrons. The minimum absolute atomic E-state index is 0.00704. The van der Waals surface area contributed by atoms with Crippen molar-refractivity contribution in [2.24, 2.45) is 0 Å². The lowest BCUT2D eigenvalue weighted by Crippen LogP contribution is -2.37. The number of benzene rings is 2. The van der Waals surface area contributed by atoms with Gasteiger partial charge in [0.25, 0.3) is 5.91 Å². The molecule has 0 aromatic heterocycles. The molecule has 2 aromatic carbocycles. The average molecular weight is 476 g/mol. The van der Waals surface area contributed by atoms with Gasteiger partial charge in [0, 0.05) is 18.2 Å². The third-order valence-corrected chi connectivity index (χ3v) is 6.21. The number of unbranched alkanes of at least 4 members (excludes halogenated alkanes) is 3. The number of nitrogens with zero attached hydrogens (tertiary/aromatic N) is 1. The second kappa shape index (κ2) is 12.6. The first-order chi connectivity index (χ1) is 15.7. The van der Waals surface area contributed by atoms with Crippen molar-refractivity contribution >= 4 is 16.0 Å². The van der Waals surface area contributed by atoms with Gasteiger partial charge in [0.1, 0.15) is 0 Å². The maximum atomic E-state index is 13.4. The topological polar surface area (TPSA) is 72.9 Å². The van der Waals surface area contributed by atoms with E-state index in [0.29, 0.717) is 17.9 Å². The molecule has 2 rings (SSSR count). The van der Waals surface area contributed by atoms with Crippen LogP contribution in [0.25, 0.3) is 0 Å². The van der Waals surface area contributed by atoms with Gasteiger partial charge in [-0.05, 0) is 61.6 Å². The molecular weight excluding hydrogens is 438 g/mol. The van der Waals surface area contributed by atoms with Crippen LogP contribution in [-0.4, -0.2) is 38.6 Å². The second-order valence-corrected chi connectivity index (χ2v) is 10.0. The summed E-state index contributed by atoms with van der Waals surface area (Å²) in [6.45, 7) is 6.58. The molecule has 6 nitrogen and oxygen atoms in total. The molecule has 0 saturated carbocycles. The van der Waals surface area contributed by atoms with E-state index in [1.807, 2.05) is 49.1 Å². The number of rotatable bonds is 13. The number of ether oxygens (including phenoxy) is 1.